The van der Waals surface area contributed by atoms with Crippen molar-refractivity contribution in [3.05, 3.63) is 0 Å². The quantitative estimate of drug-likeness (QED) is 0.289. The highest BCUT2D eigenvalue weighted by Crippen LogP contribution is 1.56. The third kappa shape index (κ3) is 2230. The van der Waals surface area contributed by atoms with E-state index < -0.39 is 6.29 Å². The van der Waals surface area contributed by atoms with E-state index in [0.29, 0.717) is 12.8 Å². The van der Waals surface area contributed by atoms with Crippen LogP contribution in [0.3, 0.4) is 0 Å². The molecule has 0 atom stereocenters. The molecule has 0 bridgehead atoms. The maximum absolute atomic E-state index is 9.06. The molecular formula is C8H27N5O2. The second kappa shape index (κ2) is 38.5. The molecule has 0 aliphatic rings. The van der Waals surface area contributed by atoms with Gasteiger partial charge < -0.3 is 27.8 Å². The molecule has 0 spiro atoms. The lowest BCUT2D eigenvalue weighted by Gasteiger charge is -1.84. The minimum atomic E-state index is -0.667. The maximum Gasteiger partial charge on any atom is 0.206 e. The van der Waals surface area contributed by atoms with Crippen LogP contribution < -0.4 is 27.8 Å². The highest BCUT2D eigenvalue weighted by atomic mass is 16.1. The Morgan fingerprint density at radius 3 is 1.13 bits per heavy atom. The summed E-state index contributed by atoms with van der Waals surface area (Å²) in [6.45, 7) is 4.25. The highest BCUT2D eigenvalue weighted by Gasteiger charge is 1.64. The summed E-state index contributed by atoms with van der Waals surface area (Å²) in [5, 5.41) is 4.50. The minimum Gasteiger partial charge on any atom is -0.362 e. The number of hydrogen-bond acceptors (Lipinski definition) is 5. The Kier molecular flexibility index (Phi) is 60.5. The van der Waals surface area contributed by atoms with E-state index in [-0.39, 0.29) is 1.43 Å². The normalized spacial score (nSPS) is 6.40. The first-order chi connectivity index (χ1) is 6.97. The van der Waals surface area contributed by atoms with Gasteiger partial charge in [0, 0.05) is 15.5 Å². The molecule has 7 heteroatoms. The fourth-order valence-corrected chi connectivity index (χ4v) is 0. The van der Waals surface area contributed by atoms with Crippen LogP contribution in [0.5, 0.6) is 0 Å². The smallest absolute Gasteiger partial charge is 0.206 e. The predicted octanol–water partition coefficient (Wildman–Crippen LogP) is -1.47. The van der Waals surface area contributed by atoms with Gasteiger partial charge in [-0.3, -0.25) is 9.59 Å². The van der Waals surface area contributed by atoms with Crippen LogP contribution in [0.25, 0.3) is 0 Å². The fourth-order valence-electron chi connectivity index (χ4n) is 0. The monoisotopic (exact) mass is 225 g/mol. The van der Waals surface area contributed by atoms with E-state index >= 15 is 0 Å². The van der Waals surface area contributed by atoms with E-state index in [4.69, 9.17) is 9.59 Å². The van der Waals surface area contributed by atoms with Gasteiger partial charge in [-0.05, 0) is 0 Å². The lowest BCUT2D eigenvalue weighted by atomic mass is 10.6. The molecule has 8 N–H and O–H groups in total. The number of nitrogens with two attached hydrogens (primary N) is 3. The molecule has 0 saturated carbocycles. The molecule has 96 valence electrons. The van der Waals surface area contributed by atoms with Gasteiger partial charge in [0.05, 0.1) is 0 Å². The highest BCUT2D eigenvalue weighted by molar-refractivity contribution is 5.45. The largest absolute Gasteiger partial charge is 0.362 e. The Hall–Kier alpha value is -1.18. The molecule has 7 nitrogen and oxygen atoms in total. The van der Waals surface area contributed by atoms with Crippen molar-refractivity contribution in [2.75, 3.05) is 14.1 Å². The van der Waals surface area contributed by atoms with Crippen molar-refractivity contribution in [1.82, 2.24) is 10.6 Å². The van der Waals surface area contributed by atoms with Gasteiger partial charge in [-0.25, -0.2) is 0 Å². The molecule has 0 aliphatic heterocycles. The van der Waals surface area contributed by atoms with Gasteiger partial charge in [0.1, 0.15) is 6.29 Å². The van der Waals surface area contributed by atoms with Crippen LogP contribution in [0.4, 0.5) is 0 Å². The average Bonchev–Trinajstić information content (AvgIpc) is 2.18. The number of hydrogen-bond donors (Lipinski definition) is 5. The molecule has 0 saturated heterocycles. The van der Waals surface area contributed by atoms with Crippen molar-refractivity contribution in [2.45, 2.75) is 26.6 Å². The number of rotatable bonds is 2. The van der Waals surface area contributed by atoms with Crippen molar-refractivity contribution in [2.24, 2.45) is 17.2 Å². The number of amides is 2. The van der Waals surface area contributed by atoms with E-state index in [0.717, 1.165) is 0 Å². The van der Waals surface area contributed by atoms with Crippen LogP contribution in [0.1, 0.15) is 21.7 Å². The Bertz CT molecular complexity index is 95.7. The first kappa shape index (κ1) is 23.6. The average molecular weight is 225 g/mol. The van der Waals surface area contributed by atoms with E-state index in [1.807, 2.05) is 0 Å². The van der Waals surface area contributed by atoms with Crippen molar-refractivity contribution in [3.63, 3.8) is 0 Å². The molecule has 0 heterocycles. The molecule has 0 radical (unpaired) electrons. The molecule has 0 aliphatic carbocycles. The summed E-state index contributed by atoms with van der Waals surface area (Å²) >= 11 is 0. The second-order valence-corrected chi connectivity index (χ2v) is 2.10. The number of carbonyl (C=O) groups excluding carboxylic acids is 2. The van der Waals surface area contributed by atoms with Crippen molar-refractivity contribution >= 4 is 12.8 Å². The third-order valence-corrected chi connectivity index (χ3v) is 0.236. The Labute approximate surface area is 93.2 Å². The fraction of sp³-hybridized carbons (Fsp3) is 0.750. The van der Waals surface area contributed by atoms with Crippen molar-refractivity contribution in [1.29, 1.82) is 0 Å². The van der Waals surface area contributed by atoms with Crippen molar-refractivity contribution in [3.8, 4) is 0 Å². The van der Waals surface area contributed by atoms with Gasteiger partial charge in [0.25, 0.3) is 0 Å². The first-order valence-corrected chi connectivity index (χ1v) is 4.46. The van der Waals surface area contributed by atoms with E-state index in [1.54, 1.807) is 14.1 Å². The molecule has 0 aromatic heterocycles. The molecule has 0 unspecified atom stereocenters. The second-order valence-electron chi connectivity index (χ2n) is 2.10. The van der Waals surface area contributed by atoms with Crippen LogP contribution in [0.2, 0.25) is 0 Å². The SMILES string of the molecule is CCC.CNC=O.CNC=O.NC(N)N.[HH]. The van der Waals surface area contributed by atoms with Crippen LogP contribution in [-0.4, -0.2) is 33.2 Å². The van der Waals surface area contributed by atoms with Gasteiger partial charge in [-0.2, -0.15) is 0 Å². The lowest BCUT2D eigenvalue weighted by molar-refractivity contribution is -0.109. The summed E-state index contributed by atoms with van der Waals surface area (Å²) in [4.78, 5) is 18.1. The molecule has 0 rings (SSSR count). The zero-order valence-corrected chi connectivity index (χ0v) is 9.99. The van der Waals surface area contributed by atoms with E-state index in [9.17, 15) is 0 Å². The Morgan fingerprint density at radius 2 is 1.13 bits per heavy atom. The topological polar surface area (TPSA) is 136 Å². The summed E-state index contributed by atoms with van der Waals surface area (Å²) in [5.74, 6) is 0. The van der Waals surface area contributed by atoms with Crippen LogP contribution in [-0.2, 0) is 9.59 Å². The molecular weight excluding hydrogens is 198 g/mol. The van der Waals surface area contributed by atoms with Gasteiger partial charge >= 0.3 is 0 Å². The predicted molar refractivity (Wildman–Crippen MR) is 64.7 cm³/mol. The summed E-state index contributed by atoms with van der Waals surface area (Å²) in [7, 11) is 3.12. The summed E-state index contributed by atoms with van der Waals surface area (Å²) in [6, 6.07) is 0. The van der Waals surface area contributed by atoms with Gasteiger partial charge in [-0.1, -0.05) is 20.3 Å². The summed E-state index contributed by atoms with van der Waals surface area (Å²) in [6.07, 6.45) is 1.83. The van der Waals surface area contributed by atoms with Gasteiger partial charge in [-0.15, -0.1) is 0 Å². The standard InChI is InChI=1S/C3H8.2C2H5NO.CH7N3.H2/c1-3-2;2*1-3-2-4;2-1(3)4;/h3H2,1-2H3;2*2H,1H3,(H,3,4);1H,2-4H2;1H. The number of nitrogens with one attached hydrogen (secondary N) is 2. The molecule has 2 amide bonds. The third-order valence-electron chi connectivity index (χ3n) is 0.236. The molecule has 0 aromatic carbocycles. The van der Waals surface area contributed by atoms with Crippen LogP contribution in [0.15, 0.2) is 0 Å². The lowest BCUT2D eigenvalue weighted by Crippen LogP contribution is -2.39. The molecule has 0 fully saturated rings. The summed E-state index contributed by atoms with van der Waals surface area (Å²) in [5.41, 5.74) is 14.0. The summed E-state index contributed by atoms with van der Waals surface area (Å²) < 4.78 is 0. The van der Waals surface area contributed by atoms with E-state index in [1.165, 1.54) is 6.42 Å². The zero-order valence-electron chi connectivity index (χ0n) is 9.99. The molecule has 15 heavy (non-hydrogen) atoms. The Morgan fingerprint density at radius 1 is 1.07 bits per heavy atom. The minimum absolute atomic E-state index is 0. The van der Waals surface area contributed by atoms with Crippen molar-refractivity contribution < 1.29 is 11.0 Å². The zero-order chi connectivity index (χ0) is 13.1. The first-order valence-electron chi connectivity index (χ1n) is 4.46. The van der Waals surface area contributed by atoms with E-state index in [2.05, 4.69) is 41.7 Å². The van der Waals surface area contributed by atoms with Crippen LogP contribution >= 0.6 is 0 Å². The van der Waals surface area contributed by atoms with Gasteiger partial charge in [0.15, 0.2) is 0 Å². The van der Waals surface area contributed by atoms with Gasteiger partial charge in [0.2, 0.25) is 12.8 Å². The molecule has 0 aromatic rings. The number of carbonyl (C=O) groups is 2. The Balaban J connectivity index is -0.0000000331. The maximum atomic E-state index is 9.06. The van der Waals surface area contributed by atoms with Crippen LogP contribution in [0, 0.1) is 0 Å².